The molecule has 1 heterocycles. The highest BCUT2D eigenvalue weighted by atomic mass is 32.2. The highest BCUT2D eigenvalue weighted by molar-refractivity contribution is 7.98. The number of amides is 2. The fourth-order valence-corrected chi connectivity index (χ4v) is 5.46. The van der Waals surface area contributed by atoms with Gasteiger partial charge in [-0.3, -0.25) is 14.3 Å². The van der Waals surface area contributed by atoms with Gasteiger partial charge in [-0.2, -0.15) is 0 Å². The summed E-state index contributed by atoms with van der Waals surface area (Å²) in [5.41, 5.74) is 0.814. The molecule has 9 heteroatoms. The molecule has 3 rings (SSSR count). The van der Waals surface area contributed by atoms with Crippen LogP contribution < -0.4 is 10.0 Å². The van der Waals surface area contributed by atoms with E-state index in [9.17, 15) is 18.0 Å². The van der Waals surface area contributed by atoms with Gasteiger partial charge in [-0.1, -0.05) is 26.0 Å². The molecule has 1 aliphatic heterocycles. The standard InChI is InChI=1S/C25H33N3O4S2/c1-5-18(3)26-24(29)20-8-6-7-9-22(20)27-34(31,32)19-10-11-23(33-4)21(16-19)25(30)28-14-12-17(2)13-15-28/h6-11,16-18,27H,5,12-15H2,1-4H3,(H,26,29)/t18-/m0/s1. The predicted molar refractivity (Wildman–Crippen MR) is 137 cm³/mol. The van der Waals surface area contributed by atoms with Crippen LogP contribution in [0.15, 0.2) is 52.3 Å². The Kier molecular flexibility index (Phi) is 8.65. The highest BCUT2D eigenvalue weighted by Gasteiger charge is 2.26. The molecule has 2 amide bonds. The van der Waals surface area contributed by atoms with E-state index >= 15 is 0 Å². The van der Waals surface area contributed by atoms with E-state index in [1.54, 1.807) is 35.2 Å². The summed E-state index contributed by atoms with van der Waals surface area (Å²) in [7, 11) is -4.03. The summed E-state index contributed by atoms with van der Waals surface area (Å²) in [5, 5.41) is 2.86. The molecule has 7 nitrogen and oxygen atoms in total. The summed E-state index contributed by atoms with van der Waals surface area (Å²) in [4.78, 5) is 28.4. The molecule has 2 aromatic rings. The summed E-state index contributed by atoms with van der Waals surface area (Å²) in [6.07, 6.45) is 4.50. The van der Waals surface area contributed by atoms with E-state index < -0.39 is 10.0 Å². The van der Waals surface area contributed by atoms with Crippen LogP contribution >= 0.6 is 11.8 Å². The Hall–Kier alpha value is -2.52. The number of nitrogens with zero attached hydrogens (tertiary/aromatic N) is 1. The highest BCUT2D eigenvalue weighted by Crippen LogP contribution is 2.28. The normalized spacial score (nSPS) is 15.6. The lowest BCUT2D eigenvalue weighted by molar-refractivity contribution is 0.0693. The Bertz CT molecular complexity index is 1140. The molecular weight excluding hydrogens is 470 g/mol. The number of carbonyl (C=O) groups is 2. The van der Waals surface area contributed by atoms with E-state index in [0.29, 0.717) is 24.6 Å². The van der Waals surface area contributed by atoms with Gasteiger partial charge in [0.15, 0.2) is 0 Å². The SMILES string of the molecule is CC[C@H](C)NC(=O)c1ccccc1NS(=O)(=O)c1ccc(SC)c(C(=O)N2CCC(C)CC2)c1. The molecule has 184 valence electrons. The van der Waals surface area contributed by atoms with Crippen LogP contribution in [-0.2, 0) is 10.0 Å². The number of hydrogen-bond donors (Lipinski definition) is 2. The zero-order valence-electron chi connectivity index (χ0n) is 20.1. The molecular formula is C25H33N3O4S2. The van der Waals surface area contributed by atoms with Crippen LogP contribution in [0.1, 0.15) is 60.7 Å². The van der Waals surface area contributed by atoms with E-state index in [4.69, 9.17) is 0 Å². The van der Waals surface area contributed by atoms with Crippen LogP contribution in [0.25, 0.3) is 0 Å². The maximum absolute atomic E-state index is 13.3. The van der Waals surface area contributed by atoms with Crippen LogP contribution in [0.3, 0.4) is 0 Å². The third-order valence-electron chi connectivity index (χ3n) is 6.19. The maximum atomic E-state index is 13.3. The first kappa shape index (κ1) is 26.1. The lowest BCUT2D eigenvalue weighted by Gasteiger charge is -2.30. The lowest BCUT2D eigenvalue weighted by Crippen LogP contribution is -2.38. The molecule has 2 aromatic carbocycles. The van der Waals surface area contributed by atoms with Gasteiger partial charge in [-0.15, -0.1) is 11.8 Å². The molecule has 0 aromatic heterocycles. The number of para-hydroxylation sites is 1. The van der Waals surface area contributed by atoms with Gasteiger partial charge in [0, 0.05) is 24.0 Å². The summed E-state index contributed by atoms with van der Waals surface area (Å²) < 4.78 is 29.1. The number of anilines is 1. The van der Waals surface area contributed by atoms with Crippen molar-refractivity contribution in [2.24, 2.45) is 5.92 Å². The van der Waals surface area contributed by atoms with Crippen molar-refractivity contribution in [3.63, 3.8) is 0 Å². The van der Waals surface area contributed by atoms with Crippen molar-refractivity contribution in [1.29, 1.82) is 0 Å². The third kappa shape index (κ3) is 6.13. The van der Waals surface area contributed by atoms with Gasteiger partial charge in [-0.25, -0.2) is 8.42 Å². The van der Waals surface area contributed by atoms with Crippen molar-refractivity contribution in [1.82, 2.24) is 10.2 Å². The molecule has 1 saturated heterocycles. The van der Waals surface area contributed by atoms with Crippen molar-refractivity contribution in [2.75, 3.05) is 24.1 Å². The van der Waals surface area contributed by atoms with Crippen LogP contribution in [0.5, 0.6) is 0 Å². The smallest absolute Gasteiger partial charge is 0.261 e. The molecule has 0 aliphatic carbocycles. The Labute approximate surface area is 206 Å². The third-order valence-corrected chi connectivity index (χ3v) is 8.35. The number of thioether (sulfide) groups is 1. The quantitative estimate of drug-likeness (QED) is 0.513. The van der Waals surface area contributed by atoms with Crippen LogP contribution in [-0.4, -0.2) is 50.5 Å². The summed E-state index contributed by atoms with van der Waals surface area (Å²) in [6, 6.07) is 11.1. The van der Waals surface area contributed by atoms with E-state index in [2.05, 4.69) is 17.0 Å². The van der Waals surface area contributed by atoms with Crippen molar-refractivity contribution in [3.05, 3.63) is 53.6 Å². The molecule has 2 N–H and O–H groups in total. The second kappa shape index (κ2) is 11.3. The number of piperidine rings is 1. The second-order valence-corrected chi connectivity index (χ2v) is 11.3. The molecule has 0 radical (unpaired) electrons. The van der Waals surface area contributed by atoms with E-state index in [1.807, 2.05) is 20.1 Å². The fourth-order valence-electron chi connectivity index (χ4n) is 3.78. The number of nitrogens with one attached hydrogen (secondary N) is 2. The zero-order valence-corrected chi connectivity index (χ0v) is 21.8. The number of carbonyl (C=O) groups excluding carboxylic acids is 2. The minimum atomic E-state index is -4.03. The molecule has 1 aliphatic rings. The molecule has 34 heavy (non-hydrogen) atoms. The van der Waals surface area contributed by atoms with E-state index in [-0.39, 0.29) is 34.0 Å². The molecule has 0 saturated carbocycles. The van der Waals surface area contributed by atoms with Crippen LogP contribution in [0, 0.1) is 5.92 Å². The maximum Gasteiger partial charge on any atom is 0.261 e. The summed E-state index contributed by atoms with van der Waals surface area (Å²) in [5.74, 6) is 0.0831. The first-order valence-corrected chi connectivity index (χ1v) is 14.3. The van der Waals surface area contributed by atoms with Crippen molar-refractivity contribution >= 4 is 39.3 Å². The molecule has 0 spiro atoms. The Balaban J connectivity index is 1.90. The van der Waals surface area contributed by atoms with Crippen molar-refractivity contribution < 1.29 is 18.0 Å². The van der Waals surface area contributed by atoms with Crippen molar-refractivity contribution in [3.8, 4) is 0 Å². The number of rotatable bonds is 8. The van der Waals surface area contributed by atoms with Crippen LogP contribution in [0.2, 0.25) is 0 Å². The van der Waals surface area contributed by atoms with E-state index in [0.717, 1.165) is 24.2 Å². The predicted octanol–water partition coefficient (Wildman–Crippen LogP) is 4.61. The van der Waals surface area contributed by atoms with Gasteiger partial charge in [0.25, 0.3) is 21.8 Å². The molecule has 1 fully saturated rings. The summed E-state index contributed by atoms with van der Waals surface area (Å²) in [6.45, 7) is 7.36. The average molecular weight is 504 g/mol. The zero-order chi connectivity index (χ0) is 24.9. The monoisotopic (exact) mass is 503 g/mol. The number of sulfonamides is 1. The van der Waals surface area contributed by atoms with E-state index in [1.165, 1.54) is 23.9 Å². The fraction of sp³-hybridized carbons (Fsp3) is 0.440. The number of likely N-dealkylation sites (tertiary alicyclic amines) is 1. The first-order chi connectivity index (χ1) is 16.2. The minimum Gasteiger partial charge on any atom is -0.350 e. The Morgan fingerprint density at radius 1 is 1.12 bits per heavy atom. The minimum absolute atomic E-state index is 0.0174. The largest absolute Gasteiger partial charge is 0.350 e. The Morgan fingerprint density at radius 2 is 1.79 bits per heavy atom. The van der Waals surface area contributed by atoms with Gasteiger partial charge in [0.2, 0.25) is 0 Å². The Morgan fingerprint density at radius 3 is 2.44 bits per heavy atom. The molecule has 0 unspecified atom stereocenters. The van der Waals surface area contributed by atoms with Gasteiger partial charge in [-0.05, 0) is 68.7 Å². The first-order valence-electron chi connectivity index (χ1n) is 11.6. The second-order valence-electron chi connectivity index (χ2n) is 8.77. The van der Waals surface area contributed by atoms with Gasteiger partial charge >= 0.3 is 0 Å². The number of benzene rings is 2. The van der Waals surface area contributed by atoms with Crippen molar-refractivity contribution in [2.45, 2.75) is 55.9 Å². The van der Waals surface area contributed by atoms with Gasteiger partial charge in [0.1, 0.15) is 0 Å². The van der Waals surface area contributed by atoms with Crippen LogP contribution in [0.4, 0.5) is 5.69 Å². The molecule has 0 bridgehead atoms. The number of hydrogen-bond acceptors (Lipinski definition) is 5. The molecule has 1 atom stereocenters. The van der Waals surface area contributed by atoms with Gasteiger partial charge in [0.05, 0.1) is 21.7 Å². The topological polar surface area (TPSA) is 95.6 Å². The van der Waals surface area contributed by atoms with Gasteiger partial charge < -0.3 is 10.2 Å². The summed E-state index contributed by atoms with van der Waals surface area (Å²) >= 11 is 1.41. The lowest BCUT2D eigenvalue weighted by atomic mass is 9.98. The average Bonchev–Trinajstić information content (AvgIpc) is 2.83.